The van der Waals surface area contributed by atoms with E-state index in [0.717, 1.165) is 20.4 Å². The first kappa shape index (κ1) is 8.14. The number of fused-ring (bicyclic) bond motifs is 1. The number of halogens is 2. The maximum absolute atomic E-state index is 6.05. The predicted molar refractivity (Wildman–Crippen MR) is 54.5 cm³/mol. The lowest BCUT2D eigenvalue weighted by molar-refractivity contribution is 0.968. The second-order valence-corrected chi connectivity index (χ2v) is 3.87. The van der Waals surface area contributed by atoms with Crippen LogP contribution in [0.15, 0.2) is 22.8 Å². The maximum atomic E-state index is 6.05. The van der Waals surface area contributed by atoms with Crippen LogP contribution in [0.2, 0.25) is 5.02 Å². The van der Waals surface area contributed by atoms with Crippen LogP contribution in [-0.4, -0.2) is 4.57 Å². The third-order valence-corrected chi connectivity index (χ3v) is 3.14. The highest BCUT2D eigenvalue weighted by atomic mass is 79.9. The molecule has 1 aromatic carbocycles. The Balaban J connectivity index is 2.93. The van der Waals surface area contributed by atoms with Crippen molar-refractivity contribution in [3.8, 4) is 0 Å². The van der Waals surface area contributed by atoms with Gasteiger partial charge >= 0.3 is 0 Å². The molecule has 0 saturated heterocycles. The SMILES string of the molecule is Cn1c[c]c2c(Cl)c(Br)ccc21. The van der Waals surface area contributed by atoms with Gasteiger partial charge in [-0.3, -0.25) is 0 Å². The summed E-state index contributed by atoms with van der Waals surface area (Å²) in [5.74, 6) is 0. The normalized spacial score (nSPS) is 10.9. The number of hydrogen-bond acceptors (Lipinski definition) is 0. The molecule has 61 valence electrons. The van der Waals surface area contributed by atoms with Crippen LogP contribution in [0, 0.1) is 6.07 Å². The lowest BCUT2D eigenvalue weighted by Crippen LogP contribution is -1.83. The minimum absolute atomic E-state index is 0.730. The minimum atomic E-state index is 0.730. The Hall–Kier alpha value is -0.470. The average Bonchev–Trinajstić information content (AvgIpc) is 2.41. The van der Waals surface area contributed by atoms with Crippen molar-refractivity contribution in [1.82, 2.24) is 4.57 Å². The van der Waals surface area contributed by atoms with Crippen molar-refractivity contribution in [3.63, 3.8) is 0 Å². The van der Waals surface area contributed by atoms with Gasteiger partial charge in [-0.15, -0.1) is 0 Å². The summed E-state index contributed by atoms with van der Waals surface area (Å²) >= 11 is 9.41. The van der Waals surface area contributed by atoms with Gasteiger partial charge in [0, 0.05) is 34.7 Å². The van der Waals surface area contributed by atoms with Crippen LogP contribution in [0.25, 0.3) is 10.9 Å². The summed E-state index contributed by atoms with van der Waals surface area (Å²) in [6, 6.07) is 7.06. The van der Waals surface area contributed by atoms with E-state index in [4.69, 9.17) is 11.6 Å². The highest BCUT2D eigenvalue weighted by molar-refractivity contribution is 9.10. The van der Waals surface area contributed by atoms with Crippen LogP contribution in [0.4, 0.5) is 0 Å². The first-order valence-corrected chi connectivity index (χ1v) is 4.68. The van der Waals surface area contributed by atoms with E-state index in [2.05, 4.69) is 22.0 Å². The summed E-state index contributed by atoms with van der Waals surface area (Å²) in [4.78, 5) is 0. The summed E-state index contributed by atoms with van der Waals surface area (Å²) < 4.78 is 2.91. The molecule has 0 bridgehead atoms. The van der Waals surface area contributed by atoms with Crippen LogP contribution in [0.1, 0.15) is 0 Å². The van der Waals surface area contributed by atoms with Gasteiger partial charge in [0.05, 0.1) is 5.02 Å². The molecule has 0 fully saturated rings. The van der Waals surface area contributed by atoms with Crippen LogP contribution in [0.5, 0.6) is 0 Å². The number of rotatable bonds is 0. The fourth-order valence-corrected chi connectivity index (χ4v) is 1.75. The smallest absolute Gasteiger partial charge is 0.0648 e. The molecule has 0 saturated carbocycles. The minimum Gasteiger partial charge on any atom is -0.350 e. The van der Waals surface area contributed by atoms with E-state index in [0.29, 0.717) is 0 Å². The molecule has 0 spiro atoms. The highest BCUT2D eigenvalue weighted by Crippen LogP contribution is 2.30. The fourth-order valence-electron chi connectivity index (χ4n) is 1.20. The maximum Gasteiger partial charge on any atom is 0.0648 e. The van der Waals surface area contributed by atoms with Crippen molar-refractivity contribution in [2.75, 3.05) is 0 Å². The molecule has 0 aliphatic heterocycles. The standard InChI is InChI=1S/C9H6BrClN/c1-12-5-4-6-8(12)3-2-7(10)9(6)11/h2-3,5H,1H3. The van der Waals surface area contributed by atoms with Gasteiger partial charge in [0.1, 0.15) is 0 Å². The van der Waals surface area contributed by atoms with Crippen LogP contribution in [-0.2, 0) is 7.05 Å². The molecule has 3 heteroatoms. The Bertz CT molecular complexity index is 433. The van der Waals surface area contributed by atoms with Gasteiger partial charge < -0.3 is 4.57 Å². The third-order valence-electron chi connectivity index (χ3n) is 1.86. The van der Waals surface area contributed by atoms with E-state index >= 15 is 0 Å². The van der Waals surface area contributed by atoms with Crippen LogP contribution in [0.3, 0.4) is 0 Å². The summed E-state index contributed by atoms with van der Waals surface area (Å²) in [5, 5.41) is 1.70. The van der Waals surface area contributed by atoms with Gasteiger partial charge in [-0.05, 0) is 28.1 Å². The van der Waals surface area contributed by atoms with Crippen molar-refractivity contribution >= 4 is 38.4 Å². The van der Waals surface area contributed by atoms with E-state index in [1.165, 1.54) is 0 Å². The summed E-state index contributed by atoms with van der Waals surface area (Å²) in [6.45, 7) is 0. The number of benzene rings is 1. The first-order valence-electron chi connectivity index (χ1n) is 3.51. The van der Waals surface area contributed by atoms with Crippen molar-refractivity contribution in [2.45, 2.75) is 0 Å². The van der Waals surface area contributed by atoms with Crippen LogP contribution < -0.4 is 0 Å². The van der Waals surface area contributed by atoms with Gasteiger partial charge in [-0.1, -0.05) is 11.6 Å². The predicted octanol–water partition coefficient (Wildman–Crippen LogP) is 3.39. The fraction of sp³-hybridized carbons (Fsp3) is 0.111. The zero-order chi connectivity index (χ0) is 8.72. The second-order valence-electron chi connectivity index (χ2n) is 2.64. The lowest BCUT2D eigenvalue weighted by atomic mass is 10.2. The van der Waals surface area contributed by atoms with E-state index in [1.54, 1.807) is 0 Å². The highest BCUT2D eigenvalue weighted by Gasteiger charge is 2.05. The zero-order valence-electron chi connectivity index (χ0n) is 6.44. The molecule has 0 unspecified atom stereocenters. The van der Waals surface area contributed by atoms with E-state index in [9.17, 15) is 0 Å². The Kier molecular flexibility index (Phi) is 1.89. The number of nitrogens with zero attached hydrogens (tertiary/aromatic N) is 1. The quantitative estimate of drug-likeness (QED) is 0.668. The third kappa shape index (κ3) is 1.06. The van der Waals surface area contributed by atoms with Crippen molar-refractivity contribution < 1.29 is 0 Å². The molecule has 0 N–H and O–H groups in total. The Labute approximate surface area is 84.1 Å². The van der Waals surface area contributed by atoms with Gasteiger partial charge in [0.15, 0.2) is 0 Å². The molecule has 1 radical (unpaired) electrons. The molecule has 0 atom stereocenters. The van der Waals surface area contributed by atoms with Gasteiger partial charge in [-0.25, -0.2) is 0 Å². The van der Waals surface area contributed by atoms with Crippen molar-refractivity contribution in [3.05, 3.63) is 33.9 Å². The largest absolute Gasteiger partial charge is 0.350 e. The average molecular weight is 244 g/mol. The molecular formula is C9H6BrClN. The monoisotopic (exact) mass is 242 g/mol. The molecule has 0 aliphatic rings. The molecule has 12 heavy (non-hydrogen) atoms. The summed E-state index contributed by atoms with van der Waals surface area (Å²) in [7, 11) is 1.98. The number of hydrogen-bond donors (Lipinski definition) is 0. The first-order chi connectivity index (χ1) is 5.70. The zero-order valence-corrected chi connectivity index (χ0v) is 8.78. The van der Waals surface area contributed by atoms with E-state index < -0.39 is 0 Å². The van der Waals surface area contributed by atoms with Gasteiger partial charge in [0.25, 0.3) is 0 Å². The molecule has 0 amide bonds. The Morgan fingerprint density at radius 3 is 3.00 bits per heavy atom. The molecule has 1 heterocycles. The van der Waals surface area contributed by atoms with Crippen LogP contribution >= 0.6 is 27.5 Å². The number of aryl methyl sites for hydroxylation is 1. The molecule has 2 aromatic rings. The Morgan fingerprint density at radius 2 is 2.25 bits per heavy atom. The molecule has 1 aromatic heterocycles. The van der Waals surface area contributed by atoms with E-state index in [-0.39, 0.29) is 0 Å². The summed E-state index contributed by atoms with van der Waals surface area (Å²) in [5.41, 5.74) is 1.10. The van der Waals surface area contributed by atoms with Gasteiger partial charge in [-0.2, -0.15) is 0 Å². The Morgan fingerprint density at radius 1 is 1.50 bits per heavy atom. The molecule has 0 aliphatic carbocycles. The van der Waals surface area contributed by atoms with Crippen molar-refractivity contribution in [1.29, 1.82) is 0 Å². The van der Waals surface area contributed by atoms with Crippen molar-refractivity contribution in [2.24, 2.45) is 7.05 Å². The lowest BCUT2D eigenvalue weighted by Gasteiger charge is -1.98. The molecule has 2 rings (SSSR count). The topological polar surface area (TPSA) is 4.93 Å². The molecule has 1 nitrogen and oxygen atoms in total. The number of aromatic nitrogens is 1. The van der Waals surface area contributed by atoms with Gasteiger partial charge in [0.2, 0.25) is 0 Å². The molecular weight excluding hydrogens is 237 g/mol. The second kappa shape index (κ2) is 2.79. The van der Waals surface area contributed by atoms with E-state index in [1.807, 2.05) is 29.9 Å². The summed E-state index contributed by atoms with van der Waals surface area (Å²) in [6.07, 6.45) is 1.88.